The molecule has 132 valence electrons. The molecule has 1 aromatic heterocycles. The summed E-state index contributed by atoms with van der Waals surface area (Å²) in [5, 5.41) is -2.10. The molecule has 0 fully saturated rings. The zero-order chi connectivity index (χ0) is 18.5. The van der Waals surface area contributed by atoms with Crippen LogP contribution in [0.2, 0.25) is 0 Å². The van der Waals surface area contributed by atoms with Crippen LogP contribution in [0.5, 0.6) is 0 Å². The molecule has 2 aromatic carbocycles. The highest BCUT2D eigenvalue weighted by molar-refractivity contribution is 7.92. The molecular weight excluding hydrogens is 352 g/mol. The maximum atomic E-state index is 13.4. The highest BCUT2D eigenvalue weighted by atomic mass is 32.2. The Morgan fingerprint density at radius 1 is 0.885 bits per heavy atom. The van der Waals surface area contributed by atoms with Crippen LogP contribution >= 0.6 is 0 Å². The van der Waals surface area contributed by atoms with Crippen LogP contribution in [0.15, 0.2) is 65.1 Å². The number of sulfone groups is 1. The molecule has 0 bridgehead atoms. The van der Waals surface area contributed by atoms with Crippen molar-refractivity contribution in [1.82, 2.24) is 0 Å². The Morgan fingerprint density at radius 2 is 1.38 bits per heavy atom. The van der Waals surface area contributed by atoms with Crippen molar-refractivity contribution in [2.75, 3.05) is 5.73 Å². The van der Waals surface area contributed by atoms with E-state index >= 15 is 0 Å². The quantitative estimate of drug-likeness (QED) is 0.737. The molecule has 1 amide bonds. The molecule has 6 nitrogen and oxygen atoms in total. The first-order chi connectivity index (χ1) is 12.4. The predicted octanol–water partition coefficient (Wildman–Crippen LogP) is 2.57. The number of furan rings is 1. The summed E-state index contributed by atoms with van der Waals surface area (Å²) in [6.45, 7) is 0. The van der Waals surface area contributed by atoms with Gasteiger partial charge in [-0.1, -0.05) is 60.7 Å². The van der Waals surface area contributed by atoms with Gasteiger partial charge in [-0.2, -0.15) is 0 Å². The van der Waals surface area contributed by atoms with Gasteiger partial charge >= 0.3 is 0 Å². The van der Waals surface area contributed by atoms with Gasteiger partial charge in [0.2, 0.25) is 5.88 Å². The van der Waals surface area contributed by atoms with Crippen molar-refractivity contribution < 1.29 is 17.6 Å². The first kappa shape index (κ1) is 16.4. The lowest BCUT2D eigenvalue weighted by Gasteiger charge is -2.16. The molecule has 4 rings (SSSR count). The summed E-state index contributed by atoms with van der Waals surface area (Å²) in [6.07, 6.45) is 0. The lowest BCUT2D eigenvalue weighted by atomic mass is 9.98. The molecule has 1 aliphatic heterocycles. The number of fused-ring (bicyclic) bond motifs is 1. The van der Waals surface area contributed by atoms with Crippen LogP contribution in [-0.2, 0) is 9.84 Å². The SMILES string of the molecule is NC(=O)c1c(N)oc2c1[C@@H](c1ccccc1)S(=O)(=O)[C@H]2c1ccccc1. The topological polar surface area (TPSA) is 116 Å². The molecular formula is C19H16N2O4S. The van der Waals surface area contributed by atoms with Crippen LogP contribution in [0.1, 0.15) is 43.3 Å². The van der Waals surface area contributed by atoms with Crippen LogP contribution in [0.25, 0.3) is 0 Å². The molecule has 26 heavy (non-hydrogen) atoms. The summed E-state index contributed by atoms with van der Waals surface area (Å²) in [5.74, 6) is -0.798. The third kappa shape index (κ3) is 2.24. The maximum absolute atomic E-state index is 13.4. The highest BCUT2D eigenvalue weighted by Gasteiger charge is 2.52. The lowest BCUT2D eigenvalue weighted by molar-refractivity contribution is 0.1000. The zero-order valence-corrected chi connectivity index (χ0v) is 14.4. The van der Waals surface area contributed by atoms with E-state index in [4.69, 9.17) is 15.9 Å². The van der Waals surface area contributed by atoms with E-state index in [-0.39, 0.29) is 22.8 Å². The van der Waals surface area contributed by atoms with Gasteiger partial charge in [-0.3, -0.25) is 4.79 Å². The Hall–Kier alpha value is -3.06. The van der Waals surface area contributed by atoms with E-state index in [1.807, 2.05) is 0 Å². The van der Waals surface area contributed by atoms with Crippen molar-refractivity contribution >= 4 is 21.6 Å². The molecule has 0 aliphatic carbocycles. The van der Waals surface area contributed by atoms with Crippen molar-refractivity contribution in [3.05, 3.63) is 88.7 Å². The highest BCUT2D eigenvalue weighted by Crippen LogP contribution is 2.54. The fourth-order valence-electron chi connectivity index (χ4n) is 3.59. The molecule has 2 atom stereocenters. The Morgan fingerprint density at radius 3 is 1.88 bits per heavy atom. The van der Waals surface area contributed by atoms with Gasteiger partial charge < -0.3 is 15.9 Å². The minimum absolute atomic E-state index is 0.0594. The monoisotopic (exact) mass is 368 g/mol. The molecule has 1 aliphatic rings. The number of primary amides is 1. The van der Waals surface area contributed by atoms with E-state index in [1.165, 1.54) is 0 Å². The molecule has 4 N–H and O–H groups in total. The molecule has 0 spiro atoms. The minimum atomic E-state index is -3.78. The maximum Gasteiger partial charge on any atom is 0.254 e. The lowest BCUT2D eigenvalue weighted by Crippen LogP contribution is -2.19. The first-order valence-corrected chi connectivity index (χ1v) is 9.58. The number of carbonyl (C=O) groups excluding carboxylic acids is 1. The zero-order valence-electron chi connectivity index (χ0n) is 13.6. The van der Waals surface area contributed by atoms with E-state index in [0.29, 0.717) is 11.1 Å². The van der Waals surface area contributed by atoms with Crippen LogP contribution in [0, 0.1) is 0 Å². The van der Waals surface area contributed by atoms with E-state index in [0.717, 1.165) is 0 Å². The van der Waals surface area contributed by atoms with Gasteiger partial charge in [-0.15, -0.1) is 0 Å². The fourth-order valence-corrected chi connectivity index (χ4v) is 5.97. The fraction of sp³-hybridized carbons (Fsp3) is 0.105. The van der Waals surface area contributed by atoms with Crippen molar-refractivity contribution in [1.29, 1.82) is 0 Å². The van der Waals surface area contributed by atoms with E-state index in [9.17, 15) is 13.2 Å². The van der Waals surface area contributed by atoms with Crippen molar-refractivity contribution in [2.24, 2.45) is 5.73 Å². The normalized spacial score (nSPS) is 20.6. The van der Waals surface area contributed by atoms with E-state index < -0.39 is 26.2 Å². The van der Waals surface area contributed by atoms with Crippen LogP contribution < -0.4 is 11.5 Å². The average molecular weight is 368 g/mol. The second-order valence-electron chi connectivity index (χ2n) is 6.15. The van der Waals surface area contributed by atoms with E-state index in [1.54, 1.807) is 60.7 Å². The molecule has 7 heteroatoms. The number of anilines is 1. The third-order valence-corrected chi connectivity index (χ3v) is 6.92. The summed E-state index contributed by atoms with van der Waals surface area (Å²) < 4.78 is 32.5. The smallest absolute Gasteiger partial charge is 0.254 e. The van der Waals surface area contributed by atoms with Crippen LogP contribution in [0.3, 0.4) is 0 Å². The van der Waals surface area contributed by atoms with Crippen molar-refractivity contribution in [3.63, 3.8) is 0 Å². The van der Waals surface area contributed by atoms with Crippen LogP contribution in [-0.4, -0.2) is 14.3 Å². The average Bonchev–Trinajstić information content (AvgIpc) is 3.03. The Kier molecular flexibility index (Phi) is 3.62. The third-order valence-electron chi connectivity index (χ3n) is 4.61. The predicted molar refractivity (Wildman–Crippen MR) is 97.1 cm³/mol. The molecule has 3 aromatic rings. The summed E-state index contributed by atoms with van der Waals surface area (Å²) in [4.78, 5) is 12.0. The van der Waals surface area contributed by atoms with Gasteiger partial charge in [-0.25, -0.2) is 8.42 Å². The Bertz CT molecular complexity index is 1090. The molecule has 0 saturated carbocycles. The number of hydrogen-bond acceptors (Lipinski definition) is 5. The molecule has 0 unspecified atom stereocenters. The number of amides is 1. The van der Waals surface area contributed by atoms with Crippen molar-refractivity contribution in [2.45, 2.75) is 10.5 Å². The Labute approximate surface area is 150 Å². The second-order valence-corrected chi connectivity index (χ2v) is 8.27. The number of carbonyl (C=O) groups is 1. The summed E-state index contributed by atoms with van der Waals surface area (Å²) in [6, 6.07) is 17.4. The molecule has 0 saturated heterocycles. The molecule has 2 heterocycles. The van der Waals surface area contributed by atoms with Gasteiger partial charge in [0.25, 0.3) is 5.91 Å². The number of rotatable bonds is 3. The minimum Gasteiger partial charge on any atom is -0.443 e. The van der Waals surface area contributed by atoms with Gasteiger partial charge in [0.1, 0.15) is 21.8 Å². The van der Waals surface area contributed by atoms with Crippen molar-refractivity contribution in [3.8, 4) is 0 Å². The number of nitrogen functional groups attached to an aromatic ring is 1. The second kappa shape index (κ2) is 5.74. The van der Waals surface area contributed by atoms with Gasteiger partial charge in [0.15, 0.2) is 9.84 Å². The summed E-state index contributed by atoms with van der Waals surface area (Å²) in [5.41, 5.74) is 12.6. The van der Waals surface area contributed by atoms with Crippen LogP contribution in [0.4, 0.5) is 5.88 Å². The standard InChI is InChI=1S/C19H16N2O4S/c20-18(22)14-13-15(25-19(14)21)17(12-9-5-2-6-10-12)26(23,24)16(13)11-7-3-1-4-8-11/h1-10,16-17H,21H2,(H2,20,22)/t16-,17+/m1/s1. The van der Waals surface area contributed by atoms with Gasteiger partial charge in [0, 0.05) is 5.56 Å². The first-order valence-electron chi connectivity index (χ1n) is 7.97. The number of benzene rings is 2. The Balaban J connectivity index is 2.05. The van der Waals surface area contributed by atoms with Gasteiger partial charge in [0.05, 0.1) is 0 Å². The van der Waals surface area contributed by atoms with E-state index in [2.05, 4.69) is 0 Å². The summed E-state index contributed by atoms with van der Waals surface area (Å²) >= 11 is 0. The summed E-state index contributed by atoms with van der Waals surface area (Å²) in [7, 11) is -3.78. The number of nitrogens with two attached hydrogens (primary N) is 2. The van der Waals surface area contributed by atoms with Gasteiger partial charge in [-0.05, 0) is 11.1 Å². The molecule has 0 radical (unpaired) electrons. The number of hydrogen-bond donors (Lipinski definition) is 2. The largest absolute Gasteiger partial charge is 0.443 e.